The molecular formula is C7H8N2. The summed E-state index contributed by atoms with van der Waals surface area (Å²) in [5, 5.41) is 3.82. The Bertz CT molecular complexity index is 187. The van der Waals surface area contributed by atoms with E-state index in [9.17, 15) is 0 Å². The average Bonchev–Trinajstić information content (AvgIpc) is 2.13. The molecular weight excluding hydrogens is 112 g/mol. The van der Waals surface area contributed by atoms with Crippen molar-refractivity contribution in [3.63, 3.8) is 0 Å². The van der Waals surface area contributed by atoms with E-state index in [1.807, 2.05) is 18.2 Å². The summed E-state index contributed by atoms with van der Waals surface area (Å²) in [5.74, 6) is 0. The molecule has 1 aliphatic heterocycles. The normalized spacial score (nSPS) is 15.8. The fourth-order valence-electron chi connectivity index (χ4n) is 0.515. The Labute approximate surface area is 54.3 Å². The fourth-order valence-corrected chi connectivity index (χ4v) is 0.515. The van der Waals surface area contributed by atoms with Gasteiger partial charge < -0.3 is 0 Å². The molecule has 0 aliphatic carbocycles. The molecule has 0 aromatic rings. The van der Waals surface area contributed by atoms with Crippen LogP contribution in [0.5, 0.6) is 0 Å². The molecule has 0 aromatic heterocycles. The molecule has 1 rings (SSSR count). The molecule has 0 radical (unpaired) electrons. The van der Waals surface area contributed by atoms with E-state index >= 15 is 0 Å². The van der Waals surface area contributed by atoms with E-state index in [1.165, 1.54) is 0 Å². The van der Waals surface area contributed by atoms with Gasteiger partial charge in [-0.05, 0) is 18.2 Å². The van der Waals surface area contributed by atoms with Crippen molar-refractivity contribution >= 4 is 6.21 Å². The highest BCUT2D eigenvalue weighted by Crippen LogP contribution is 1.92. The van der Waals surface area contributed by atoms with Crippen molar-refractivity contribution in [2.24, 2.45) is 5.10 Å². The number of hydrazone groups is 1. The quantitative estimate of drug-likeness (QED) is 0.552. The minimum absolute atomic E-state index is 0.917. The first-order valence-corrected chi connectivity index (χ1v) is 2.72. The van der Waals surface area contributed by atoms with Crippen LogP contribution < -0.4 is 5.43 Å². The molecule has 0 fully saturated rings. The third kappa shape index (κ3) is 1.57. The van der Waals surface area contributed by atoms with Crippen molar-refractivity contribution in [1.82, 2.24) is 5.43 Å². The lowest BCUT2D eigenvalue weighted by atomic mass is 10.4. The highest BCUT2D eigenvalue weighted by Gasteiger charge is 1.84. The Morgan fingerprint density at radius 3 is 3.22 bits per heavy atom. The number of hydrogen-bond donors (Lipinski definition) is 1. The molecule has 9 heavy (non-hydrogen) atoms. The van der Waals surface area contributed by atoms with Crippen LogP contribution in [0.2, 0.25) is 0 Å². The van der Waals surface area contributed by atoms with Crippen LogP contribution in [0.1, 0.15) is 0 Å². The SMILES string of the molecule is C=CC1=CC=CC=NN1. The number of nitrogens with one attached hydrogen (secondary N) is 1. The van der Waals surface area contributed by atoms with Gasteiger partial charge in [0.1, 0.15) is 0 Å². The maximum atomic E-state index is 3.82. The maximum absolute atomic E-state index is 3.82. The molecule has 2 nitrogen and oxygen atoms in total. The Kier molecular flexibility index (Phi) is 1.85. The summed E-state index contributed by atoms with van der Waals surface area (Å²) in [4.78, 5) is 0. The summed E-state index contributed by atoms with van der Waals surface area (Å²) in [6.07, 6.45) is 9.06. The second-order valence-electron chi connectivity index (χ2n) is 1.60. The van der Waals surface area contributed by atoms with Gasteiger partial charge >= 0.3 is 0 Å². The van der Waals surface area contributed by atoms with Crippen molar-refractivity contribution in [2.75, 3.05) is 0 Å². The van der Waals surface area contributed by atoms with Crippen LogP contribution in [0.4, 0.5) is 0 Å². The molecule has 0 saturated heterocycles. The summed E-state index contributed by atoms with van der Waals surface area (Å²) < 4.78 is 0. The molecule has 0 bridgehead atoms. The van der Waals surface area contributed by atoms with Crippen molar-refractivity contribution in [2.45, 2.75) is 0 Å². The molecule has 0 saturated carbocycles. The van der Waals surface area contributed by atoms with E-state index in [4.69, 9.17) is 0 Å². The maximum Gasteiger partial charge on any atom is 0.0555 e. The zero-order valence-corrected chi connectivity index (χ0v) is 5.04. The minimum Gasteiger partial charge on any atom is -0.279 e. The van der Waals surface area contributed by atoms with Gasteiger partial charge in [0, 0.05) is 6.21 Å². The van der Waals surface area contributed by atoms with Crippen LogP contribution >= 0.6 is 0 Å². The van der Waals surface area contributed by atoms with Crippen LogP contribution in [0.3, 0.4) is 0 Å². The standard InChI is InChI=1S/C7H8N2/c1-2-7-5-3-4-6-8-9-7/h2-6,9H,1H2. The molecule has 1 aliphatic rings. The third-order valence-corrected chi connectivity index (χ3v) is 0.961. The zero-order chi connectivity index (χ0) is 6.53. The second kappa shape index (κ2) is 2.87. The lowest BCUT2D eigenvalue weighted by Gasteiger charge is -1.94. The van der Waals surface area contributed by atoms with E-state index in [2.05, 4.69) is 17.1 Å². The molecule has 0 amide bonds. The van der Waals surface area contributed by atoms with Gasteiger partial charge in [0.15, 0.2) is 0 Å². The molecule has 0 unspecified atom stereocenters. The lowest BCUT2D eigenvalue weighted by Crippen LogP contribution is -2.00. The lowest BCUT2D eigenvalue weighted by molar-refractivity contribution is 0.929. The summed E-state index contributed by atoms with van der Waals surface area (Å²) in [7, 11) is 0. The first-order chi connectivity index (χ1) is 4.43. The van der Waals surface area contributed by atoms with Crippen LogP contribution in [0.25, 0.3) is 0 Å². The van der Waals surface area contributed by atoms with E-state index in [0.717, 1.165) is 5.70 Å². The predicted octanol–water partition coefficient (Wildman–Crippen LogP) is 1.20. The minimum atomic E-state index is 0.917. The summed E-state index contributed by atoms with van der Waals surface area (Å²) in [5.41, 5.74) is 3.70. The van der Waals surface area contributed by atoms with Gasteiger partial charge in [-0.15, -0.1) is 0 Å². The van der Waals surface area contributed by atoms with E-state index in [-0.39, 0.29) is 0 Å². The van der Waals surface area contributed by atoms with Gasteiger partial charge in [0.2, 0.25) is 0 Å². The van der Waals surface area contributed by atoms with Gasteiger partial charge in [-0.25, -0.2) is 0 Å². The largest absolute Gasteiger partial charge is 0.279 e. The molecule has 1 N–H and O–H groups in total. The zero-order valence-electron chi connectivity index (χ0n) is 5.04. The Hall–Kier alpha value is -1.31. The third-order valence-electron chi connectivity index (χ3n) is 0.961. The monoisotopic (exact) mass is 120 g/mol. The fraction of sp³-hybridized carbons (Fsp3) is 0. The molecule has 0 atom stereocenters. The molecule has 2 heteroatoms. The Morgan fingerprint density at radius 1 is 1.56 bits per heavy atom. The van der Waals surface area contributed by atoms with E-state index in [0.29, 0.717) is 0 Å². The van der Waals surface area contributed by atoms with Crippen molar-refractivity contribution < 1.29 is 0 Å². The predicted molar refractivity (Wildman–Crippen MR) is 39.0 cm³/mol. The highest BCUT2D eigenvalue weighted by molar-refractivity contribution is 5.71. The first-order valence-electron chi connectivity index (χ1n) is 2.72. The van der Waals surface area contributed by atoms with Crippen molar-refractivity contribution in [3.8, 4) is 0 Å². The topological polar surface area (TPSA) is 24.4 Å². The summed E-state index contributed by atoms with van der Waals surface area (Å²) >= 11 is 0. The van der Waals surface area contributed by atoms with Crippen molar-refractivity contribution in [1.29, 1.82) is 0 Å². The number of rotatable bonds is 1. The molecule has 46 valence electrons. The first kappa shape index (κ1) is 5.82. The second-order valence-corrected chi connectivity index (χ2v) is 1.60. The summed E-state index contributed by atoms with van der Waals surface area (Å²) in [6.45, 7) is 3.59. The smallest absolute Gasteiger partial charge is 0.0555 e. The molecule has 1 heterocycles. The van der Waals surface area contributed by atoms with Crippen molar-refractivity contribution in [3.05, 3.63) is 36.6 Å². The van der Waals surface area contributed by atoms with Crippen LogP contribution in [0.15, 0.2) is 41.7 Å². The Balaban J connectivity index is 2.73. The van der Waals surface area contributed by atoms with Crippen LogP contribution in [0, 0.1) is 0 Å². The summed E-state index contributed by atoms with van der Waals surface area (Å²) in [6, 6.07) is 0. The van der Waals surface area contributed by atoms with Crippen LogP contribution in [-0.4, -0.2) is 6.21 Å². The molecule has 0 spiro atoms. The molecule has 0 aromatic carbocycles. The van der Waals surface area contributed by atoms with Gasteiger partial charge in [-0.3, -0.25) is 5.43 Å². The van der Waals surface area contributed by atoms with E-state index < -0.39 is 0 Å². The average molecular weight is 120 g/mol. The number of allylic oxidation sites excluding steroid dienone is 4. The van der Waals surface area contributed by atoms with Crippen LogP contribution in [-0.2, 0) is 0 Å². The van der Waals surface area contributed by atoms with Gasteiger partial charge in [0.05, 0.1) is 5.70 Å². The van der Waals surface area contributed by atoms with Gasteiger partial charge in [0.25, 0.3) is 0 Å². The Morgan fingerprint density at radius 2 is 2.44 bits per heavy atom. The number of nitrogens with zero attached hydrogens (tertiary/aromatic N) is 1. The highest BCUT2D eigenvalue weighted by atomic mass is 15.3. The van der Waals surface area contributed by atoms with E-state index in [1.54, 1.807) is 12.3 Å². The number of hydrogen-bond acceptors (Lipinski definition) is 2. The van der Waals surface area contributed by atoms with Gasteiger partial charge in [-0.2, -0.15) is 5.10 Å². The van der Waals surface area contributed by atoms with Gasteiger partial charge in [-0.1, -0.05) is 12.7 Å².